The molecule has 3 aromatic rings. The van der Waals surface area contributed by atoms with Crippen LogP contribution in [0.5, 0.6) is 0 Å². The third kappa shape index (κ3) is 5.64. The highest BCUT2D eigenvalue weighted by Gasteiger charge is 2.35. The predicted molar refractivity (Wildman–Crippen MR) is 142 cm³/mol. The first kappa shape index (κ1) is 23.7. The molecule has 6 heteroatoms. The molecular formula is C29H31ClN4O. The standard InChI is InChI=1S/C29H31ClN4O/c1-22-8-7-11-24(18-22)27-19-28(25-12-5-6-13-26(25)30)34(31-27)29(35)21-33-16-14-32(15-17-33)20-23-9-3-2-4-10-23/h2-13,18,28H,14-17,19-21H2,1H3/t28-/m0/s1. The van der Waals surface area contributed by atoms with Crippen LogP contribution in [0, 0.1) is 6.92 Å². The number of hydrazone groups is 1. The fourth-order valence-electron chi connectivity index (χ4n) is 4.94. The topological polar surface area (TPSA) is 39.2 Å². The third-order valence-electron chi connectivity index (χ3n) is 6.85. The highest BCUT2D eigenvalue weighted by molar-refractivity contribution is 6.31. The quantitative estimate of drug-likeness (QED) is 0.484. The van der Waals surface area contributed by atoms with Crippen molar-refractivity contribution in [2.75, 3.05) is 32.7 Å². The number of halogens is 1. The normalized spacial score (nSPS) is 19.1. The van der Waals surface area contributed by atoms with Crippen molar-refractivity contribution in [2.45, 2.75) is 25.9 Å². The molecule has 0 N–H and O–H groups in total. The van der Waals surface area contributed by atoms with Gasteiger partial charge in [0.1, 0.15) is 0 Å². The van der Waals surface area contributed by atoms with Crippen LogP contribution in [0.15, 0.2) is 84.0 Å². The molecule has 0 spiro atoms. The number of aryl methyl sites for hydroxylation is 1. The Hall–Kier alpha value is -2.99. The van der Waals surface area contributed by atoms with Gasteiger partial charge in [0.15, 0.2) is 0 Å². The highest BCUT2D eigenvalue weighted by Crippen LogP contribution is 2.36. The van der Waals surface area contributed by atoms with Gasteiger partial charge in [-0.2, -0.15) is 5.10 Å². The summed E-state index contributed by atoms with van der Waals surface area (Å²) in [4.78, 5) is 18.2. The lowest BCUT2D eigenvalue weighted by Gasteiger charge is -2.35. The van der Waals surface area contributed by atoms with Gasteiger partial charge in [0, 0.05) is 44.2 Å². The summed E-state index contributed by atoms with van der Waals surface area (Å²) in [7, 11) is 0. The summed E-state index contributed by atoms with van der Waals surface area (Å²) in [5.74, 6) is 0.0223. The van der Waals surface area contributed by atoms with Crippen molar-refractivity contribution in [3.63, 3.8) is 0 Å². The largest absolute Gasteiger partial charge is 0.297 e. The number of rotatable bonds is 6. The molecule has 35 heavy (non-hydrogen) atoms. The van der Waals surface area contributed by atoms with Gasteiger partial charge in [-0.1, -0.05) is 90.0 Å². The van der Waals surface area contributed by atoms with Crippen molar-refractivity contribution in [3.05, 3.63) is 106 Å². The second-order valence-electron chi connectivity index (χ2n) is 9.43. The molecule has 2 aliphatic heterocycles. The molecule has 0 saturated carbocycles. The Labute approximate surface area is 212 Å². The van der Waals surface area contributed by atoms with E-state index in [2.05, 4.69) is 59.2 Å². The Morgan fingerprint density at radius 2 is 1.63 bits per heavy atom. The van der Waals surface area contributed by atoms with Crippen molar-refractivity contribution in [1.82, 2.24) is 14.8 Å². The summed E-state index contributed by atoms with van der Waals surface area (Å²) in [5.41, 5.74) is 5.44. The molecule has 5 nitrogen and oxygen atoms in total. The maximum Gasteiger partial charge on any atom is 0.257 e. The summed E-state index contributed by atoms with van der Waals surface area (Å²) >= 11 is 6.56. The van der Waals surface area contributed by atoms with Crippen LogP contribution in [-0.4, -0.2) is 59.2 Å². The van der Waals surface area contributed by atoms with E-state index in [1.165, 1.54) is 11.1 Å². The number of amides is 1. The van der Waals surface area contributed by atoms with Gasteiger partial charge in [-0.05, 0) is 29.7 Å². The SMILES string of the molecule is Cc1cccc(C2=NN(C(=O)CN3CCN(Cc4ccccc4)CC3)[C@H](c3ccccc3Cl)C2)c1. The summed E-state index contributed by atoms with van der Waals surface area (Å²) in [6.45, 7) is 7.04. The summed E-state index contributed by atoms with van der Waals surface area (Å²) in [5, 5.41) is 7.19. The highest BCUT2D eigenvalue weighted by atomic mass is 35.5. The fourth-order valence-corrected chi connectivity index (χ4v) is 5.20. The van der Waals surface area contributed by atoms with E-state index in [0.717, 1.165) is 49.6 Å². The Morgan fingerprint density at radius 3 is 2.37 bits per heavy atom. The van der Waals surface area contributed by atoms with Gasteiger partial charge in [-0.25, -0.2) is 5.01 Å². The van der Waals surface area contributed by atoms with Crippen molar-refractivity contribution in [2.24, 2.45) is 5.10 Å². The van der Waals surface area contributed by atoms with Crippen LogP contribution in [0.3, 0.4) is 0 Å². The van der Waals surface area contributed by atoms with E-state index in [1.807, 2.05) is 36.4 Å². The number of carbonyl (C=O) groups is 1. The lowest BCUT2D eigenvalue weighted by atomic mass is 9.97. The number of hydrogen-bond donors (Lipinski definition) is 0. The molecule has 2 heterocycles. The van der Waals surface area contributed by atoms with E-state index in [9.17, 15) is 4.79 Å². The zero-order valence-electron chi connectivity index (χ0n) is 20.1. The lowest BCUT2D eigenvalue weighted by Crippen LogP contribution is -2.49. The summed E-state index contributed by atoms with van der Waals surface area (Å²) in [6, 6.07) is 26.5. The molecule has 0 radical (unpaired) electrons. The molecule has 5 rings (SSSR count). The van der Waals surface area contributed by atoms with Crippen molar-refractivity contribution in [3.8, 4) is 0 Å². The van der Waals surface area contributed by atoms with Gasteiger partial charge < -0.3 is 0 Å². The Kier molecular flexibility index (Phi) is 7.28. The maximum atomic E-state index is 13.5. The van der Waals surface area contributed by atoms with E-state index in [-0.39, 0.29) is 11.9 Å². The van der Waals surface area contributed by atoms with Crippen LogP contribution >= 0.6 is 11.6 Å². The first-order chi connectivity index (χ1) is 17.1. The maximum absolute atomic E-state index is 13.5. The lowest BCUT2D eigenvalue weighted by molar-refractivity contribution is -0.134. The van der Waals surface area contributed by atoms with Crippen molar-refractivity contribution in [1.29, 1.82) is 0 Å². The smallest absolute Gasteiger partial charge is 0.257 e. The van der Waals surface area contributed by atoms with Crippen LogP contribution in [0.1, 0.15) is 34.7 Å². The van der Waals surface area contributed by atoms with Crippen LogP contribution in [0.2, 0.25) is 5.02 Å². The van der Waals surface area contributed by atoms with E-state index < -0.39 is 0 Å². The van der Waals surface area contributed by atoms with Crippen LogP contribution in [-0.2, 0) is 11.3 Å². The number of benzene rings is 3. The molecule has 3 aromatic carbocycles. The van der Waals surface area contributed by atoms with Gasteiger partial charge >= 0.3 is 0 Å². The molecular weight excluding hydrogens is 456 g/mol. The minimum Gasteiger partial charge on any atom is -0.297 e. The zero-order valence-corrected chi connectivity index (χ0v) is 20.9. The van der Waals surface area contributed by atoms with Crippen LogP contribution in [0.25, 0.3) is 0 Å². The van der Waals surface area contributed by atoms with Gasteiger partial charge in [-0.3, -0.25) is 14.6 Å². The molecule has 1 atom stereocenters. The molecule has 1 fully saturated rings. The van der Waals surface area contributed by atoms with Crippen molar-refractivity contribution < 1.29 is 4.79 Å². The predicted octanol–water partition coefficient (Wildman–Crippen LogP) is 5.14. The second kappa shape index (κ2) is 10.7. The average Bonchev–Trinajstić information content (AvgIpc) is 3.32. The van der Waals surface area contributed by atoms with Gasteiger partial charge in [0.2, 0.25) is 0 Å². The number of carbonyl (C=O) groups excluding carboxylic acids is 1. The van der Waals surface area contributed by atoms with Gasteiger partial charge in [0.25, 0.3) is 5.91 Å². The summed E-state index contributed by atoms with van der Waals surface area (Å²) < 4.78 is 0. The fraction of sp³-hybridized carbons (Fsp3) is 0.310. The molecule has 0 aromatic heterocycles. The monoisotopic (exact) mass is 486 g/mol. The molecule has 180 valence electrons. The Morgan fingerprint density at radius 1 is 0.914 bits per heavy atom. The second-order valence-corrected chi connectivity index (χ2v) is 9.84. The third-order valence-corrected chi connectivity index (χ3v) is 7.20. The molecule has 0 unspecified atom stereocenters. The number of nitrogens with zero attached hydrogens (tertiary/aromatic N) is 4. The Bertz CT molecular complexity index is 1200. The minimum absolute atomic E-state index is 0.0223. The molecule has 1 saturated heterocycles. The van der Waals surface area contributed by atoms with Crippen LogP contribution < -0.4 is 0 Å². The molecule has 1 amide bonds. The Balaban J connectivity index is 1.28. The first-order valence-electron chi connectivity index (χ1n) is 12.3. The van der Waals surface area contributed by atoms with Gasteiger partial charge in [-0.15, -0.1) is 0 Å². The molecule has 0 bridgehead atoms. The van der Waals surface area contributed by atoms with Crippen LogP contribution in [0.4, 0.5) is 0 Å². The average molecular weight is 487 g/mol. The molecule has 0 aliphatic carbocycles. The number of hydrogen-bond acceptors (Lipinski definition) is 4. The zero-order chi connectivity index (χ0) is 24.2. The van der Waals surface area contributed by atoms with Crippen molar-refractivity contribution >= 4 is 23.2 Å². The minimum atomic E-state index is -0.189. The first-order valence-corrected chi connectivity index (χ1v) is 12.6. The van der Waals surface area contributed by atoms with Gasteiger partial charge in [0.05, 0.1) is 18.3 Å². The molecule has 2 aliphatic rings. The van der Waals surface area contributed by atoms with E-state index in [1.54, 1.807) is 5.01 Å². The number of piperazine rings is 1. The van der Waals surface area contributed by atoms with E-state index in [4.69, 9.17) is 16.7 Å². The van der Waals surface area contributed by atoms with E-state index in [0.29, 0.717) is 18.0 Å². The summed E-state index contributed by atoms with van der Waals surface area (Å²) in [6.07, 6.45) is 0.657. The van der Waals surface area contributed by atoms with E-state index >= 15 is 0 Å².